The summed E-state index contributed by atoms with van der Waals surface area (Å²) in [5, 5.41) is 3.49. The van der Waals surface area contributed by atoms with Crippen molar-refractivity contribution in [3.63, 3.8) is 0 Å². The predicted octanol–water partition coefficient (Wildman–Crippen LogP) is 1.83. The molecule has 1 heterocycles. The molecular weight excluding hydrogens is 172 g/mol. The maximum Gasteiger partial charge on any atom is 0.0489 e. The van der Waals surface area contributed by atoms with E-state index in [9.17, 15) is 0 Å². The molecule has 1 N–H and O–H groups in total. The molecule has 1 saturated heterocycles. The van der Waals surface area contributed by atoms with Crippen LogP contribution in [0.1, 0.15) is 19.4 Å². The average molecular weight is 190 g/mol. The smallest absolute Gasteiger partial charge is 0.0489 e. The lowest BCUT2D eigenvalue weighted by atomic mass is 10.1. The van der Waals surface area contributed by atoms with Crippen molar-refractivity contribution in [1.82, 2.24) is 10.2 Å². The molecule has 0 spiro atoms. The molecule has 0 atom stereocenters. The molecule has 0 aromatic heterocycles. The number of hydrogen-bond acceptors (Lipinski definition) is 2. The molecule has 14 heavy (non-hydrogen) atoms. The second kappa shape index (κ2) is 3.71. The van der Waals surface area contributed by atoms with Gasteiger partial charge < -0.3 is 0 Å². The minimum absolute atomic E-state index is 0.273. The normalized spacial score (nSPS) is 21.3. The Labute approximate surface area is 85.9 Å². The van der Waals surface area contributed by atoms with Crippen LogP contribution in [-0.4, -0.2) is 23.7 Å². The largest absolute Gasteiger partial charge is 0.298 e. The van der Waals surface area contributed by atoms with E-state index in [4.69, 9.17) is 0 Å². The summed E-state index contributed by atoms with van der Waals surface area (Å²) in [5.74, 6) is 0. The highest BCUT2D eigenvalue weighted by molar-refractivity contribution is 5.14. The first-order valence-electron chi connectivity index (χ1n) is 5.17. The van der Waals surface area contributed by atoms with E-state index in [1.165, 1.54) is 5.56 Å². The van der Waals surface area contributed by atoms with Crippen molar-refractivity contribution < 1.29 is 0 Å². The summed E-state index contributed by atoms with van der Waals surface area (Å²) < 4.78 is 0. The van der Waals surface area contributed by atoms with E-state index in [-0.39, 0.29) is 5.54 Å². The summed E-state index contributed by atoms with van der Waals surface area (Å²) in [5.41, 5.74) is 1.67. The van der Waals surface area contributed by atoms with E-state index in [1.807, 2.05) is 0 Å². The molecule has 0 unspecified atom stereocenters. The first-order valence-corrected chi connectivity index (χ1v) is 5.17. The highest BCUT2D eigenvalue weighted by Crippen LogP contribution is 2.14. The molecule has 0 aliphatic carbocycles. The Kier molecular flexibility index (Phi) is 2.57. The zero-order valence-electron chi connectivity index (χ0n) is 8.96. The molecule has 0 bridgehead atoms. The lowest BCUT2D eigenvalue weighted by Gasteiger charge is -2.18. The molecule has 1 fully saturated rings. The summed E-state index contributed by atoms with van der Waals surface area (Å²) in [7, 11) is 0. The van der Waals surface area contributed by atoms with Crippen molar-refractivity contribution >= 4 is 0 Å². The fourth-order valence-electron chi connectivity index (χ4n) is 1.95. The predicted molar refractivity (Wildman–Crippen MR) is 58.9 cm³/mol. The number of rotatable bonds is 2. The monoisotopic (exact) mass is 190 g/mol. The second-order valence-electron chi connectivity index (χ2n) is 4.69. The second-order valence-corrected chi connectivity index (χ2v) is 4.69. The van der Waals surface area contributed by atoms with Crippen LogP contribution in [0.2, 0.25) is 0 Å². The van der Waals surface area contributed by atoms with Crippen molar-refractivity contribution in [3.8, 4) is 0 Å². The molecule has 2 nitrogen and oxygen atoms in total. The SMILES string of the molecule is CC1(C)CN(Cc2ccccc2)CN1. The van der Waals surface area contributed by atoms with Crippen molar-refractivity contribution in [2.75, 3.05) is 13.2 Å². The van der Waals surface area contributed by atoms with Crippen LogP contribution in [-0.2, 0) is 6.54 Å². The van der Waals surface area contributed by atoms with Gasteiger partial charge in [0.1, 0.15) is 0 Å². The Balaban J connectivity index is 1.94. The Morgan fingerprint density at radius 3 is 2.57 bits per heavy atom. The fourth-order valence-corrected chi connectivity index (χ4v) is 1.95. The van der Waals surface area contributed by atoms with E-state index in [2.05, 4.69) is 54.4 Å². The maximum atomic E-state index is 3.49. The van der Waals surface area contributed by atoms with Gasteiger partial charge in [-0.05, 0) is 19.4 Å². The van der Waals surface area contributed by atoms with E-state index >= 15 is 0 Å². The molecular formula is C12H18N2. The number of hydrogen-bond donors (Lipinski definition) is 1. The van der Waals surface area contributed by atoms with Gasteiger partial charge in [-0.15, -0.1) is 0 Å². The maximum absolute atomic E-state index is 3.49. The molecule has 1 aliphatic heterocycles. The van der Waals surface area contributed by atoms with E-state index in [0.717, 1.165) is 19.8 Å². The molecule has 1 aromatic rings. The molecule has 76 valence electrons. The first kappa shape index (κ1) is 9.69. The van der Waals surface area contributed by atoms with Gasteiger partial charge >= 0.3 is 0 Å². The average Bonchev–Trinajstić information content (AvgIpc) is 2.47. The number of benzene rings is 1. The van der Waals surface area contributed by atoms with Crippen LogP contribution >= 0.6 is 0 Å². The standard InChI is InChI=1S/C12H18N2/c1-12(2)9-14(10-13-12)8-11-6-4-3-5-7-11/h3-7,13H,8-10H2,1-2H3. The third kappa shape index (κ3) is 2.34. The molecule has 0 radical (unpaired) electrons. The minimum Gasteiger partial charge on any atom is -0.298 e. The quantitative estimate of drug-likeness (QED) is 0.765. The summed E-state index contributed by atoms with van der Waals surface area (Å²) in [6.45, 7) is 7.68. The van der Waals surface area contributed by atoms with Crippen LogP contribution in [0, 0.1) is 0 Å². The third-order valence-electron chi connectivity index (χ3n) is 2.65. The van der Waals surface area contributed by atoms with Crippen molar-refractivity contribution in [3.05, 3.63) is 35.9 Å². The summed E-state index contributed by atoms with van der Waals surface area (Å²) in [4.78, 5) is 2.44. The zero-order valence-corrected chi connectivity index (χ0v) is 8.96. The van der Waals surface area contributed by atoms with Gasteiger partial charge in [0.05, 0.1) is 0 Å². The van der Waals surface area contributed by atoms with Gasteiger partial charge in [0.15, 0.2) is 0 Å². The Bertz CT molecular complexity index is 292. The molecule has 1 aromatic carbocycles. The Hall–Kier alpha value is -0.860. The van der Waals surface area contributed by atoms with Gasteiger partial charge in [-0.2, -0.15) is 0 Å². The summed E-state index contributed by atoms with van der Waals surface area (Å²) >= 11 is 0. The third-order valence-corrected chi connectivity index (χ3v) is 2.65. The van der Waals surface area contributed by atoms with Gasteiger partial charge in [0.25, 0.3) is 0 Å². The Morgan fingerprint density at radius 2 is 2.00 bits per heavy atom. The van der Waals surface area contributed by atoms with E-state index in [1.54, 1.807) is 0 Å². The van der Waals surface area contributed by atoms with Crippen molar-refractivity contribution in [2.45, 2.75) is 25.9 Å². The van der Waals surface area contributed by atoms with Gasteiger partial charge in [-0.3, -0.25) is 10.2 Å². The van der Waals surface area contributed by atoms with Crippen LogP contribution in [0.4, 0.5) is 0 Å². The zero-order chi connectivity index (χ0) is 10.0. The molecule has 2 heteroatoms. The molecule has 0 saturated carbocycles. The van der Waals surface area contributed by atoms with Gasteiger partial charge in [0.2, 0.25) is 0 Å². The lowest BCUT2D eigenvalue weighted by molar-refractivity contribution is 0.313. The molecule has 2 rings (SSSR count). The van der Waals surface area contributed by atoms with Crippen LogP contribution in [0.3, 0.4) is 0 Å². The van der Waals surface area contributed by atoms with Crippen molar-refractivity contribution in [2.24, 2.45) is 0 Å². The summed E-state index contributed by atoms with van der Waals surface area (Å²) in [6, 6.07) is 10.6. The van der Waals surface area contributed by atoms with E-state index < -0.39 is 0 Å². The van der Waals surface area contributed by atoms with Crippen LogP contribution < -0.4 is 5.32 Å². The summed E-state index contributed by atoms with van der Waals surface area (Å²) in [6.07, 6.45) is 0. The van der Waals surface area contributed by atoms with Crippen molar-refractivity contribution in [1.29, 1.82) is 0 Å². The molecule has 1 aliphatic rings. The number of nitrogens with one attached hydrogen (secondary N) is 1. The highest BCUT2D eigenvalue weighted by atomic mass is 15.3. The topological polar surface area (TPSA) is 15.3 Å². The van der Waals surface area contributed by atoms with Gasteiger partial charge in [-0.25, -0.2) is 0 Å². The fraction of sp³-hybridized carbons (Fsp3) is 0.500. The lowest BCUT2D eigenvalue weighted by Crippen LogP contribution is -2.34. The highest BCUT2D eigenvalue weighted by Gasteiger charge is 2.27. The molecule has 0 amide bonds. The van der Waals surface area contributed by atoms with Crippen LogP contribution in [0.5, 0.6) is 0 Å². The van der Waals surface area contributed by atoms with Crippen LogP contribution in [0.25, 0.3) is 0 Å². The minimum atomic E-state index is 0.273. The van der Waals surface area contributed by atoms with E-state index in [0.29, 0.717) is 0 Å². The van der Waals surface area contributed by atoms with Crippen LogP contribution in [0.15, 0.2) is 30.3 Å². The Morgan fingerprint density at radius 1 is 1.29 bits per heavy atom. The van der Waals surface area contributed by atoms with Gasteiger partial charge in [0, 0.05) is 25.3 Å². The van der Waals surface area contributed by atoms with Gasteiger partial charge in [-0.1, -0.05) is 30.3 Å². The first-order chi connectivity index (χ1) is 6.66. The number of nitrogens with zero attached hydrogens (tertiary/aromatic N) is 1.